The van der Waals surface area contributed by atoms with E-state index in [1.807, 2.05) is 0 Å². The van der Waals surface area contributed by atoms with Gasteiger partial charge in [-0.15, -0.1) is 0 Å². The summed E-state index contributed by atoms with van der Waals surface area (Å²) in [4.78, 5) is 13.3. The van der Waals surface area contributed by atoms with Gasteiger partial charge in [-0.05, 0) is 12.0 Å². The van der Waals surface area contributed by atoms with E-state index in [0.29, 0.717) is 6.42 Å². The molecule has 1 radical (unpaired) electrons. The molecule has 2 atom stereocenters. The number of carbonyl (C=O) groups excluding carboxylic acids is 1. The number of hydrogen-bond acceptors (Lipinski definition) is 3. The standard InChI is InChI=1S/C6H8N3O2.Y/c1-4-2-5(3-8-9-7)11-6(4)10;/h4-5H,1-3H2;/q-1;. The van der Waals surface area contributed by atoms with E-state index in [9.17, 15) is 4.79 Å². The molecule has 1 heterocycles. The molecule has 0 amide bonds. The van der Waals surface area contributed by atoms with Crippen LogP contribution in [0.2, 0.25) is 0 Å². The van der Waals surface area contributed by atoms with Gasteiger partial charge in [0, 0.05) is 37.6 Å². The molecular weight excluding hydrogens is 235 g/mol. The van der Waals surface area contributed by atoms with Crippen molar-refractivity contribution >= 4 is 5.97 Å². The van der Waals surface area contributed by atoms with Crippen molar-refractivity contribution in [3.8, 4) is 0 Å². The van der Waals surface area contributed by atoms with Crippen molar-refractivity contribution in [1.29, 1.82) is 0 Å². The molecule has 6 heteroatoms. The molecule has 1 aliphatic rings. The van der Waals surface area contributed by atoms with Gasteiger partial charge in [-0.3, -0.25) is 4.79 Å². The predicted molar refractivity (Wildman–Crippen MR) is 37.4 cm³/mol. The van der Waals surface area contributed by atoms with Gasteiger partial charge in [-0.25, -0.2) is 0 Å². The van der Waals surface area contributed by atoms with Crippen LogP contribution < -0.4 is 0 Å². The third kappa shape index (κ3) is 3.09. The van der Waals surface area contributed by atoms with Crippen molar-refractivity contribution < 1.29 is 42.2 Å². The van der Waals surface area contributed by atoms with Gasteiger partial charge in [0.05, 0.1) is 6.54 Å². The molecule has 0 N–H and O–H groups in total. The molecule has 12 heavy (non-hydrogen) atoms. The minimum Gasteiger partial charge on any atom is -0.464 e. The van der Waals surface area contributed by atoms with E-state index < -0.39 is 0 Å². The third-order valence-corrected chi connectivity index (χ3v) is 1.51. The summed E-state index contributed by atoms with van der Waals surface area (Å²) in [5, 5.41) is 3.30. The Labute approximate surface area is 95.4 Å². The van der Waals surface area contributed by atoms with Crippen molar-refractivity contribution in [1.82, 2.24) is 0 Å². The Kier molecular flexibility index (Phi) is 5.46. The van der Waals surface area contributed by atoms with Crippen LogP contribution >= 0.6 is 0 Å². The Morgan fingerprint density at radius 2 is 2.50 bits per heavy atom. The van der Waals surface area contributed by atoms with Crippen LogP contribution in [0, 0.1) is 12.8 Å². The number of esters is 1. The molecule has 0 aliphatic carbocycles. The fourth-order valence-electron chi connectivity index (χ4n) is 0.962. The Bertz CT molecular complexity index is 213. The summed E-state index contributed by atoms with van der Waals surface area (Å²) >= 11 is 0. The summed E-state index contributed by atoms with van der Waals surface area (Å²) in [7, 11) is 0. The Morgan fingerprint density at radius 1 is 1.83 bits per heavy atom. The van der Waals surface area contributed by atoms with Crippen LogP contribution in [0.3, 0.4) is 0 Å². The van der Waals surface area contributed by atoms with Crippen LogP contribution in [-0.4, -0.2) is 18.6 Å². The van der Waals surface area contributed by atoms with Gasteiger partial charge in [0.2, 0.25) is 0 Å². The van der Waals surface area contributed by atoms with Crippen molar-refractivity contribution in [3.05, 3.63) is 17.4 Å². The van der Waals surface area contributed by atoms with E-state index in [-0.39, 0.29) is 57.2 Å². The number of cyclic esters (lactones) is 1. The molecule has 0 aromatic rings. The summed E-state index contributed by atoms with van der Waals surface area (Å²) in [5.41, 5.74) is 7.96. The number of ether oxygens (including phenoxy) is 1. The molecule has 1 saturated heterocycles. The molecule has 0 spiro atoms. The third-order valence-electron chi connectivity index (χ3n) is 1.51. The normalized spacial score (nSPS) is 26.9. The first kappa shape index (κ1) is 11.9. The van der Waals surface area contributed by atoms with Crippen LogP contribution in [0.1, 0.15) is 6.42 Å². The summed E-state index contributed by atoms with van der Waals surface area (Å²) in [5.74, 6) is -0.600. The summed E-state index contributed by atoms with van der Waals surface area (Å²) in [6.45, 7) is 3.78. The maximum atomic E-state index is 10.7. The van der Waals surface area contributed by atoms with E-state index in [0.717, 1.165) is 0 Å². The fraction of sp³-hybridized carbons (Fsp3) is 0.667. The smallest absolute Gasteiger partial charge is 0.278 e. The summed E-state index contributed by atoms with van der Waals surface area (Å²) < 4.78 is 4.81. The Morgan fingerprint density at radius 3 is 2.92 bits per heavy atom. The molecule has 0 saturated carbocycles. The van der Waals surface area contributed by atoms with Crippen LogP contribution in [0.25, 0.3) is 10.4 Å². The second kappa shape index (κ2) is 5.52. The molecule has 0 aromatic carbocycles. The van der Waals surface area contributed by atoms with E-state index >= 15 is 0 Å². The number of nitrogens with zero attached hydrogens (tertiary/aromatic N) is 3. The average molecular weight is 243 g/mol. The van der Waals surface area contributed by atoms with Gasteiger partial charge in [-0.1, -0.05) is 11.0 Å². The van der Waals surface area contributed by atoms with Gasteiger partial charge in [0.25, 0.3) is 5.97 Å². The molecule has 0 bridgehead atoms. The minimum atomic E-state index is -0.303. The van der Waals surface area contributed by atoms with Gasteiger partial charge >= 0.3 is 0 Å². The molecule has 1 rings (SSSR count). The van der Waals surface area contributed by atoms with Crippen LogP contribution in [-0.2, 0) is 42.2 Å². The first-order chi connectivity index (χ1) is 5.24. The summed E-state index contributed by atoms with van der Waals surface area (Å²) in [6, 6.07) is 0. The minimum absolute atomic E-state index is 0. The maximum Gasteiger partial charge on any atom is 0.278 e. The van der Waals surface area contributed by atoms with Gasteiger partial charge in [0.1, 0.15) is 6.10 Å². The number of hydrogen-bond donors (Lipinski definition) is 0. The zero-order chi connectivity index (χ0) is 8.27. The topological polar surface area (TPSA) is 75.1 Å². The molecule has 0 aromatic heterocycles. The molecule has 2 unspecified atom stereocenters. The fourth-order valence-corrected chi connectivity index (χ4v) is 0.962. The van der Waals surface area contributed by atoms with Crippen molar-refractivity contribution in [3.63, 3.8) is 0 Å². The largest absolute Gasteiger partial charge is 0.464 e. The van der Waals surface area contributed by atoms with Crippen LogP contribution in [0.4, 0.5) is 0 Å². The molecular formula is C6H8N3O2Y-. The molecule has 1 fully saturated rings. The second-order valence-electron chi connectivity index (χ2n) is 2.40. The number of rotatable bonds is 2. The van der Waals surface area contributed by atoms with Crippen molar-refractivity contribution in [2.24, 2.45) is 11.0 Å². The molecule has 63 valence electrons. The Hall–Kier alpha value is -0.116. The van der Waals surface area contributed by atoms with Gasteiger partial charge in [-0.2, -0.15) is 0 Å². The SMILES string of the molecule is [CH2-]C1CC(CN=[N+]=[N-])OC1=O.[Y]. The Balaban J connectivity index is 0.00000121. The monoisotopic (exact) mass is 243 g/mol. The van der Waals surface area contributed by atoms with Crippen molar-refractivity contribution in [2.75, 3.05) is 6.54 Å². The van der Waals surface area contributed by atoms with Gasteiger partial charge < -0.3 is 11.7 Å². The van der Waals surface area contributed by atoms with Gasteiger partial charge in [0.15, 0.2) is 0 Å². The van der Waals surface area contributed by atoms with E-state index in [1.54, 1.807) is 0 Å². The number of carbonyl (C=O) groups is 1. The van der Waals surface area contributed by atoms with E-state index in [4.69, 9.17) is 10.3 Å². The van der Waals surface area contributed by atoms with Crippen molar-refractivity contribution in [2.45, 2.75) is 12.5 Å². The van der Waals surface area contributed by atoms with Crippen LogP contribution in [0.5, 0.6) is 0 Å². The average Bonchev–Trinajstić information content (AvgIpc) is 2.28. The molecule has 5 nitrogen and oxygen atoms in total. The van der Waals surface area contributed by atoms with E-state index in [2.05, 4.69) is 16.9 Å². The zero-order valence-corrected chi connectivity index (χ0v) is 9.35. The molecule has 1 aliphatic heterocycles. The number of azide groups is 1. The zero-order valence-electron chi connectivity index (χ0n) is 6.51. The summed E-state index contributed by atoms with van der Waals surface area (Å²) in [6.07, 6.45) is 0.290. The predicted octanol–water partition coefficient (Wildman–Crippen LogP) is 1.06. The first-order valence-electron chi connectivity index (χ1n) is 3.28. The maximum absolute atomic E-state index is 10.7. The first-order valence-corrected chi connectivity index (χ1v) is 3.28. The van der Waals surface area contributed by atoms with Crippen LogP contribution in [0.15, 0.2) is 5.11 Å². The second-order valence-corrected chi connectivity index (χ2v) is 2.40. The quantitative estimate of drug-likeness (QED) is 0.239. The van der Waals surface area contributed by atoms with E-state index in [1.165, 1.54) is 0 Å².